The van der Waals surface area contributed by atoms with Crippen LogP contribution in [0.1, 0.15) is 12.2 Å². The zero-order valence-electron chi connectivity index (χ0n) is 8.70. The molecule has 0 spiro atoms. The van der Waals surface area contributed by atoms with Crippen molar-refractivity contribution in [2.45, 2.75) is 12.8 Å². The van der Waals surface area contributed by atoms with Crippen molar-refractivity contribution in [2.75, 3.05) is 0 Å². The van der Waals surface area contributed by atoms with Crippen LogP contribution >= 0.6 is 15.9 Å². The Morgan fingerprint density at radius 1 is 1.38 bits per heavy atom. The second-order valence-corrected chi connectivity index (χ2v) is 4.71. The molecule has 1 aromatic heterocycles. The molecule has 0 bridgehead atoms. The summed E-state index contributed by atoms with van der Waals surface area (Å²) in [6, 6.07) is 8.83. The van der Waals surface area contributed by atoms with Gasteiger partial charge in [-0.05, 0) is 23.0 Å². The minimum Gasteiger partial charge on any atom is -0.461 e. The van der Waals surface area contributed by atoms with E-state index in [4.69, 9.17) is 4.42 Å². The molecular weight excluding hydrogens is 268 g/mol. The van der Waals surface area contributed by atoms with Crippen molar-refractivity contribution in [3.8, 4) is 0 Å². The van der Waals surface area contributed by atoms with E-state index in [1.165, 1.54) is 0 Å². The Morgan fingerprint density at radius 2 is 2.12 bits per heavy atom. The molecule has 0 atom stereocenters. The van der Waals surface area contributed by atoms with Crippen molar-refractivity contribution < 1.29 is 4.42 Å². The summed E-state index contributed by atoms with van der Waals surface area (Å²) in [7, 11) is 0. The van der Waals surface area contributed by atoms with Crippen LogP contribution in [-0.4, -0.2) is 0 Å². The zero-order valence-corrected chi connectivity index (χ0v) is 10.3. The summed E-state index contributed by atoms with van der Waals surface area (Å²) in [5, 5.41) is 0.629. The molecule has 0 N–H and O–H groups in total. The third-order valence-corrected chi connectivity index (χ3v) is 2.72. The number of hydrogen-bond donors (Lipinski definition) is 0. The van der Waals surface area contributed by atoms with E-state index in [1.807, 2.05) is 18.2 Å². The summed E-state index contributed by atoms with van der Waals surface area (Å²) in [6.45, 7) is 3.75. The zero-order chi connectivity index (χ0) is 11.5. The number of rotatable bonds is 3. The van der Waals surface area contributed by atoms with Crippen molar-refractivity contribution in [3.63, 3.8) is 0 Å². The molecule has 0 aliphatic rings. The fraction of sp³-hybridized carbons (Fsp3) is 0.154. The maximum atomic E-state index is 11.8. The van der Waals surface area contributed by atoms with E-state index in [-0.39, 0.29) is 5.43 Å². The van der Waals surface area contributed by atoms with Gasteiger partial charge in [0, 0.05) is 12.5 Å². The Morgan fingerprint density at radius 3 is 2.88 bits per heavy atom. The van der Waals surface area contributed by atoms with E-state index in [2.05, 4.69) is 22.5 Å². The quantitative estimate of drug-likeness (QED) is 0.858. The van der Waals surface area contributed by atoms with Crippen molar-refractivity contribution in [3.05, 3.63) is 57.4 Å². The van der Waals surface area contributed by atoms with E-state index >= 15 is 0 Å². The maximum absolute atomic E-state index is 11.8. The van der Waals surface area contributed by atoms with Gasteiger partial charge in [0.2, 0.25) is 0 Å². The molecule has 0 unspecified atom stereocenters. The van der Waals surface area contributed by atoms with Crippen LogP contribution in [0.3, 0.4) is 0 Å². The van der Waals surface area contributed by atoms with Crippen molar-refractivity contribution >= 4 is 26.9 Å². The van der Waals surface area contributed by atoms with Gasteiger partial charge >= 0.3 is 0 Å². The minimum atomic E-state index is 0.0111. The molecule has 1 heterocycles. The molecule has 0 saturated heterocycles. The molecule has 0 fully saturated rings. The Balaban J connectivity index is 2.42. The first-order chi connectivity index (χ1) is 7.66. The fourth-order valence-corrected chi connectivity index (χ4v) is 1.73. The van der Waals surface area contributed by atoms with E-state index in [0.717, 1.165) is 10.9 Å². The molecule has 3 heteroatoms. The molecule has 82 valence electrons. The first-order valence-electron chi connectivity index (χ1n) is 5.02. The highest BCUT2D eigenvalue weighted by Gasteiger charge is 2.03. The highest BCUT2D eigenvalue weighted by Crippen LogP contribution is 2.15. The van der Waals surface area contributed by atoms with Gasteiger partial charge in [0.1, 0.15) is 11.3 Å². The summed E-state index contributed by atoms with van der Waals surface area (Å²) in [6.07, 6.45) is 1.45. The van der Waals surface area contributed by atoms with E-state index in [1.54, 1.807) is 12.1 Å². The summed E-state index contributed by atoms with van der Waals surface area (Å²) in [5.74, 6) is 0.698. The topological polar surface area (TPSA) is 30.2 Å². The first-order valence-corrected chi connectivity index (χ1v) is 5.81. The molecule has 0 saturated carbocycles. The number of aryl methyl sites for hydroxylation is 1. The SMILES string of the molecule is C=C(Br)CCc1cc(=O)c2ccccc2o1. The lowest BCUT2D eigenvalue weighted by Crippen LogP contribution is -2.01. The van der Waals surface area contributed by atoms with Crippen LogP contribution in [-0.2, 0) is 6.42 Å². The predicted octanol–water partition coefficient (Wildman–Crippen LogP) is 3.63. The smallest absolute Gasteiger partial charge is 0.192 e. The second-order valence-electron chi connectivity index (χ2n) is 3.59. The lowest BCUT2D eigenvalue weighted by Gasteiger charge is -2.01. The lowest BCUT2D eigenvalue weighted by atomic mass is 10.2. The molecule has 0 aliphatic heterocycles. The molecule has 0 amide bonds. The van der Waals surface area contributed by atoms with Crippen LogP contribution in [0.25, 0.3) is 11.0 Å². The van der Waals surface area contributed by atoms with Crippen LogP contribution in [0.5, 0.6) is 0 Å². The summed E-state index contributed by atoms with van der Waals surface area (Å²) in [5.41, 5.74) is 0.655. The van der Waals surface area contributed by atoms with Gasteiger partial charge in [-0.15, -0.1) is 0 Å². The van der Waals surface area contributed by atoms with E-state index in [9.17, 15) is 4.79 Å². The van der Waals surface area contributed by atoms with Gasteiger partial charge in [-0.25, -0.2) is 0 Å². The number of fused-ring (bicyclic) bond motifs is 1. The standard InChI is InChI=1S/C13H11BrO2/c1-9(14)6-7-10-8-12(15)11-4-2-3-5-13(11)16-10/h2-5,8H,1,6-7H2. The number of halogens is 1. The van der Waals surface area contributed by atoms with Gasteiger partial charge in [0.05, 0.1) is 5.39 Å². The average molecular weight is 279 g/mol. The highest BCUT2D eigenvalue weighted by atomic mass is 79.9. The number of hydrogen-bond acceptors (Lipinski definition) is 2. The summed E-state index contributed by atoms with van der Waals surface area (Å²) < 4.78 is 6.54. The fourth-order valence-electron chi connectivity index (χ4n) is 1.54. The third-order valence-electron chi connectivity index (χ3n) is 2.33. The highest BCUT2D eigenvalue weighted by molar-refractivity contribution is 9.11. The molecule has 2 aromatic rings. The van der Waals surface area contributed by atoms with Crippen molar-refractivity contribution in [1.29, 1.82) is 0 Å². The maximum Gasteiger partial charge on any atom is 0.192 e. The molecule has 2 rings (SSSR count). The third kappa shape index (κ3) is 2.42. The van der Waals surface area contributed by atoms with Crippen LogP contribution in [0, 0.1) is 0 Å². The molecule has 16 heavy (non-hydrogen) atoms. The molecule has 1 aromatic carbocycles. The lowest BCUT2D eigenvalue weighted by molar-refractivity contribution is 0.536. The first kappa shape index (κ1) is 11.1. The van der Waals surface area contributed by atoms with Crippen LogP contribution in [0.2, 0.25) is 0 Å². The van der Waals surface area contributed by atoms with Gasteiger partial charge < -0.3 is 4.42 Å². The molecule has 0 radical (unpaired) electrons. The van der Waals surface area contributed by atoms with E-state index in [0.29, 0.717) is 23.2 Å². The van der Waals surface area contributed by atoms with Crippen LogP contribution in [0.4, 0.5) is 0 Å². The molecule has 0 aliphatic carbocycles. The summed E-state index contributed by atoms with van der Waals surface area (Å²) in [4.78, 5) is 11.8. The Bertz CT molecular complexity index is 584. The van der Waals surface area contributed by atoms with Gasteiger partial charge in [-0.1, -0.05) is 34.6 Å². The minimum absolute atomic E-state index is 0.0111. The number of para-hydroxylation sites is 1. The monoisotopic (exact) mass is 278 g/mol. The van der Waals surface area contributed by atoms with Gasteiger partial charge in [-0.3, -0.25) is 4.79 Å². The second kappa shape index (κ2) is 4.66. The van der Waals surface area contributed by atoms with Crippen molar-refractivity contribution in [2.24, 2.45) is 0 Å². The van der Waals surface area contributed by atoms with Gasteiger partial charge in [-0.2, -0.15) is 0 Å². The van der Waals surface area contributed by atoms with Crippen LogP contribution in [0.15, 0.2) is 50.6 Å². The van der Waals surface area contributed by atoms with Crippen LogP contribution < -0.4 is 5.43 Å². The number of allylic oxidation sites excluding steroid dienone is 1. The predicted molar refractivity (Wildman–Crippen MR) is 68.9 cm³/mol. The van der Waals surface area contributed by atoms with E-state index < -0.39 is 0 Å². The van der Waals surface area contributed by atoms with Gasteiger partial charge in [0.25, 0.3) is 0 Å². The Kier molecular flexibility index (Phi) is 3.25. The van der Waals surface area contributed by atoms with Gasteiger partial charge in [0.15, 0.2) is 5.43 Å². The normalized spacial score (nSPS) is 10.6. The Hall–Kier alpha value is -1.35. The molecule has 2 nitrogen and oxygen atoms in total. The van der Waals surface area contributed by atoms with Crippen molar-refractivity contribution in [1.82, 2.24) is 0 Å². The number of benzene rings is 1. The average Bonchev–Trinajstić information content (AvgIpc) is 2.26. The Labute approximate surface area is 102 Å². The largest absolute Gasteiger partial charge is 0.461 e. The molecular formula is C13H11BrO2. The summed E-state index contributed by atoms with van der Waals surface area (Å²) >= 11 is 3.29.